The average molecular weight is 384 g/mol. The lowest BCUT2D eigenvalue weighted by atomic mass is 10.0. The normalized spacial score (nSPS) is 28.5. The summed E-state index contributed by atoms with van der Waals surface area (Å²) in [6.45, 7) is 1.57. The highest BCUT2D eigenvalue weighted by Crippen LogP contribution is 2.35. The summed E-state index contributed by atoms with van der Waals surface area (Å²) in [6, 6.07) is 0. The molecule has 1 fully saturated rings. The molecule has 8 heteroatoms. The third kappa shape index (κ3) is 2.90. The van der Waals surface area contributed by atoms with Crippen LogP contribution in [0.2, 0.25) is 0 Å². The molecule has 0 amide bonds. The van der Waals surface area contributed by atoms with E-state index in [0.29, 0.717) is 16.4 Å². The summed E-state index contributed by atoms with van der Waals surface area (Å²) < 4.78 is 20.3. The fourth-order valence-electron chi connectivity index (χ4n) is 2.16. The lowest BCUT2D eigenvalue weighted by molar-refractivity contribution is -0.118. The number of H-pyrrole nitrogens is 1. The van der Waals surface area contributed by atoms with Gasteiger partial charge in [0, 0.05) is 22.1 Å². The summed E-state index contributed by atoms with van der Waals surface area (Å²) in [4.78, 5) is 25.2. The molecule has 1 unspecified atom stereocenters. The Kier molecular flexibility index (Phi) is 4.41. The Bertz CT molecular complexity index is 571. The second-order valence-corrected chi connectivity index (χ2v) is 5.44. The molecule has 1 aromatic heterocycles. The van der Waals surface area contributed by atoms with Crippen molar-refractivity contribution in [3.63, 3.8) is 0 Å². The van der Waals surface area contributed by atoms with Crippen LogP contribution in [0.25, 0.3) is 0 Å². The van der Waals surface area contributed by atoms with Gasteiger partial charge < -0.3 is 9.84 Å². The second kappa shape index (κ2) is 5.71. The summed E-state index contributed by atoms with van der Waals surface area (Å²) in [5, 5.41) is 9.05. The van der Waals surface area contributed by atoms with Gasteiger partial charge in [0.2, 0.25) is 6.36 Å². The zero-order valence-corrected chi connectivity index (χ0v) is 12.3. The third-order valence-corrected chi connectivity index (χ3v) is 4.34. The van der Waals surface area contributed by atoms with Crippen molar-refractivity contribution in [3.05, 3.63) is 32.6 Å². The molecule has 2 N–H and O–H groups in total. The summed E-state index contributed by atoms with van der Waals surface area (Å²) >= 11 is 2.09. The highest BCUT2D eigenvalue weighted by atomic mass is 127. The lowest BCUT2D eigenvalue weighted by Gasteiger charge is -2.17. The van der Waals surface area contributed by atoms with Gasteiger partial charge in [-0.15, -0.1) is 0 Å². The first kappa shape index (κ1) is 14.7. The quantitative estimate of drug-likeness (QED) is 0.587. The predicted octanol–water partition coefficient (Wildman–Crippen LogP) is 0.472. The minimum absolute atomic E-state index is 0.176. The van der Waals surface area contributed by atoms with E-state index in [1.165, 1.54) is 10.8 Å². The fourth-order valence-corrected chi connectivity index (χ4v) is 3.02. The van der Waals surface area contributed by atoms with Crippen molar-refractivity contribution in [1.82, 2.24) is 9.55 Å². The summed E-state index contributed by atoms with van der Waals surface area (Å²) in [5.74, 6) is -0.176. The van der Waals surface area contributed by atoms with Gasteiger partial charge in [0.05, 0.1) is 0 Å². The number of nitrogens with one attached hydrogen (secondary N) is 1. The lowest BCUT2D eigenvalue weighted by Crippen LogP contribution is -2.34. The standard InChI is InChI=1S/C11H14FIN2O4/c1-5-4-15(11(18)14-10(5)17)7-2-6(3-13)8(19-7)9(12)16/h4,6-9,16H,2-3H2,1H3,(H,14,17,18)/t6-,7-,8+,9?/m1/s1. The molecule has 0 saturated carbocycles. The Morgan fingerprint density at radius 1 is 1.68 bits per heavy atom. The van der Waals surface area contributed by atoms with Crippen molar-refractivity contribution in [3.8, 4) is 0 Å². The van der Waals surface area contributed by atoms with Crippen LogP contribution in [0.5, 0.6) is 0 Å². The molecule has 4 atom stereocenters. The van der Waals surface area contributed by atoms with E-state index in [0.717, 1.165) is 0 Å². The zero-order valence-electron chi connectivity index (χ0n) is 10.2. The topological polar surface area (TPSA) is 84.3 Å². The minimum atomic E-state index is -2.08. The van der Waals surface area contributed by atoms with Crippen molar-refractivity contribution in [2.75, 3.05) is 4.43 Å². The molecular formula is C11H14FIN2O4. The van der Waals surface area contributed by atoms with E-state index < -0.39 is 29.9 Å². The number of rotatable bonds is 3. The van der Waals surface area contributed by atoms with Crippen LogP contribution in [-0.4, -0.2) is 31.5 Å². The number of halogens is 2. The van der Waals surface area contributed by atoms with Gasteiger partial charge in [-0.1, -0.05) is 22.6 Å². The number of aromatic amines is 1. The van der Waals surface area contributed by atoms with E-state index in [9.17, 15) is 14.0 Å². The van der Waals surface area contributed by atoms with Crippen molar-refractivity contribution < 1.29 is 14.2 Å². The van der Waals surface area contributed by atoms with Gasteiger partial charge in [0.25, 0.3) is 5.56 Å². The molecular weight excluding hydrogens is 370 g/mol. The summed E-state index contributed by atoms with van der Waals surface area (Å²) in [5.41, 5.74) is -0.674. The third-order valence-electron chi connectivity index (χ3n) is 3.21. The Hall–Kier alpha value is -0.740. The van der Waals surface area contributed by atoms with Crippen LogP contribution in [0.15, 0.2) is 15.8 Å². The second-order valence-electron chi connectivity index (χ2n) is 4.56. The van der Waals surface area contributed by atoms with Gasteiger partial charge in [-0.25, -0.2) is 9.18 Å². The van der Waals surface area contributed by atoms with Crippen LogP contribution in [0.4, 0.5) is 4.39 Å². The molecule has 1 aromatic rings. The maximum Gasteiger partial charge on any atom is 0.330 e. The van der Waals surface area contributed by atoms with Gasteiger partial charge in [-0.3, -0.25) is 14.3 Å². The number of aromatic nitrogens is 2. The Morgan fingerprint density at radius 2 is 2.37 bits per heavy atom. The number of nitrogens with zero attached hydrogens (tertiary/aromatic N) is 1. The predicted molar refractivity (Wildman–Crippen MR) is 74.1 cm³/mol. The maximum absolute atomic E-state index is 13.1. The Balaban J connectivity index is 2.32. The van der Waals surface area contributed by atoms with Crippen LogP contribution >= 0.6 is 22.6 Å². The number of hydrogen-bond acceptors (Lipinski definition) is 4. The van der Waals surface area contributed by atoms with Crippen molar-refractivity contribution in [2.45, 2.75) is 32.0 Å². The molecule has 2 heterocycles. The number of aliphatic hydroxyl groups is 1. The van der Waals surface area contributed by atoms with Gasteiger partial charge in [-0.05, 0) is 13.3 Å². The Morgan fingerprint density at radius 3 is 2.89 bits per heavy atom. The molecule has 0 aliphatic carbocycles. The van der Waals surface area contributed by atoms with Crippen molar-refractivity contribution in [2.24, 2.45) is 5.92 Å². The molecule has 0 aromatic carbocycles. The van der Waals surface area contributed by atoms with Gasteiger partial charge in [0.1, 0.15) is 12.3 Å². The first-order chi connectivity index (χ1) is 8.93. The summed E-state index contributed by atoms with van der Waals surface area (Å²) in [7, 11) is 0. The number of hydrogen-bond donors (Lipinski definition) is 2. The molecule has 0 radical (unpaired) electrons. The number of aliphatic hydroxyl groups excluding tert-OH is 1. The van der Waals surface area contributed by atoms with Crippen LogP contribution < -0.4 is 11.2 Å². The van der Waals surface area contributed by atoms with Crippen molar-refractivity contribution in [1.29, 1.82) is 0 Å². The van der Waals surface area contributed by atoms with E-state index >= 15 is 0 Å². The van der Waals surface area contributed by atoms with Gasteiger partial charge in [-0.2, -0.15) is 0 Å². The minimum Gasteiger partial charge on any atom is -0.362 e. The van der Waals surface area contributed by atoms with E-state index in [4.69, 9.17) is 9.84 Å². The summed E-state index contributed by atoms with van der Waals surface area (Å²) in [6.07, 6.45) is -1.88. The SMILES string of the molecule is Cc1cn([C@H]2C[C@H](CI)[C@@H](C(O)F)O2)c(=O)[nH]c1=O. The molecule has 2 rings (SSSR count). The number of aryl methyl sites for hydroxylation is 1. The first-order valence-corrected chi connectivity index (χ1v) is 7.32. The highest BCUT2D eigenvalue weighted by molar-refractivity contribution is 14.1. The molecule has 1 aliphatic heterocycles. The van der Waals surface area contributed by atoms with Crippen LogP contribution in [0, 0.1) is 12.8 Å². The largest absolute Gasteiger partial charge is 0.362 e. The van der Waals surface area contributed by atoms with Gasteiger partial charge >= 0.3 is 5.69 Å². The van der Waals surface area contributed by atoms with Crippen molar-refractivity contribution >= 4 is 22.6 Å². The molecule has 0 spiro atoms. The highest BCUT2D eigenvalue weighted by Gasteiger charge is 2.40. The number of ether oxygens (including phenoxy) is 1. The smallest absolute Gasteiger partial charge is 0.330 e. The molecule has 0 bridgehead atoms. The molecule has 1 saturated heterocycles. The molecule has 19 heavy (non-hydrogen) atoms. The van der Waals surface area contributed by atoms with Gasteiger partial charge in [0.15, 0.2) is 0 Å². The van der Waals surface area contributed by atoms with Crippen LogP contribution in [-0.2, 0) is 4.74 Å². The van der Waals surface area contributed by atoms with Crippen LogP contribution in [0.1, 0.15) is 18.2 Å². The maximum atomic E-state index is 13.1. The van der Waals surface area contributed by atoms with E-state index in [2.05, 4.69) is 27.6 Å². The average Bonchev–Trinajstić information content (AvgIpc) is 2.77. The molecule has 106 valence electrons. The Labute approximate surface area is 121 Å². The zero-order chi connectivity index (χ0) is 14.2. The number of alkyl halides is 2. The fraction of sp³-hybridized carbons (Fsp3) is 0.636. The monoisotopic (exact) mass is 384 g/mol. The van der Waals surface area contributed by atoms with E-state index in [-0.39, 0.29) is 5.92 Å². The van der Waals surface area contributed by atoms with E-state index in [1.54, 1.807) is 6.92 Å². The molecule has 6 nitrogen and oxygen atoms in total. The first-order valence-electron chi connectivity index (χ1n) is 5.79. The van der Waals surface area contributed by atoms with Crippen LogP contribution in [0.3, 0.4) is 0 Å². The van der Waals surface area contributed by atoms with E-state index in [1.807, 2.05) is 0 Å². The molecule has 1 aliphatic rings.